The Balaban J connectivity index is 2.99. The van der Waals surface area contributed by atoms with Crippen molar-refractivity contribution >= 4 is 11.8 Å². The van der Waals surface area contributed by atoms with Crippen molar-refractivity contribution in [3.05, 3.63) is 11.8 Å². The molecule has 1 heterocycles. The second kappa shape index (κ2) is 7.19. The number of rotatable bonds is 7. The van der Waals surface area contributed by atoms with Crippen molar-refractivity contribution in [2.45, 2.75) is 53.0 Å². The zero-order valence-corrected chi connectivity index (χ0v) is 12.3. The van der Waals surface area contributed by atoms with E-state index in [2.05, 4.69) is 47.0 Å². The van der Waals surface area contributed by atoms with E-state index in [1.807, 2.05) is 14.0 Å². The van der Waals surface area contributed by atoms with E-state index in [9.17, 15) is 0 Å². The number of nitrogens with zero attached hydrogens (tertiary/aromatic N) is 3. The van der Waals surface area contributed by atoms with Crippen LogP contribution in [0.5, 0.6) is 0 Å². The lowest BCUT2D eigenvalue weighted by molar-refractivity contribution is 0.589. The van der Waals surface area contributed by atoms with E-state index >= 15 is 0 Å². The Kier molecular flexibility index (Phi) is 5.89. The van der Waals surface area contributed by atoms with E-state index < -0.39 is 0 Å². The molecule has 4 heteroatoms. The van der Waals surface area contributed by atoms with Crippen LogP contribution in [0, 0.1) is 6.92 Å². The summed E-state index contributed by atoms with van der Waals surface area (Å²) in [6, 6.07) is 2.58. The third-order valence-corrected chi connectivity index (χ3v) is 3.23. The lowest BCUT2D eigenvalue weighted by Gasteiger charge is -2.30. The van der Waals surface area contributed by atoms with Gasteiger partial charge in [-0.15, -0.1) is 0 Å². The van der Waals surface area contributed by atoms with Gasteiger partial charge in [0.05, 0.1) is 0 Å². The number of nitrogens with one attached hydrogen (secondary N) is 1. The van der Waals surface area contributed by atoms with Crippen LogP contribution in [0.3, 0.4) is 0 Å². The SMILES string of the molecule is CCCCN(c1cc(C)nc(NC)n1)C(C)CC. The molecule has 1 aromatic heterocycles. The van der Waals surface area contributed by atoms with Crippen LogP contribution in [-0.2, 0) is 0 Å². The van der Waals surface area contributed by atoms with E-state index in [0.29, 0.717) is 12.0 Å². The molecule has 0 spiro atoms. The molecule has 1 aromatic rings. The van der Waals surface area contributed by atoms with Crippen molar-refractivity contribution in [2.75, 3.05) is 23.8 Å². The van der Waals surface area contributed by atoms with Gasteiger partial charge in [0.2, 0.25) is 5.95 Å². The zero-order valence-electron chi connectivity index (χ0n) is 12.3. The summed E-state index contributed by atoms with van der Waals surface area (Å²) in [6.45, 7) is 9.77. The molecular formula is C14H26N4. The fourth-order valence-corrected chi connectivity index (χ4v) is 1.92. The highest BCUT2D eigenvalue weighted by molar-refractivity contribution is 5.45. The Morgan fingerprint density at radius 1 is 1.33 bits per heavy atom. The van der Waals surface area contributed by atoms with Gasteiger partial charge in [0.1, 0.15) is 5.82 Å². The van der Waals surface area contributed by atoms with Gasteiger partial charge in [-0.3, -0.25) is 0 Å². The van der Waals surface area contributed by atoms with Crippen molar-refractivity contribution < 1.29 is 0 Å². The highest BCUT2D eigenvalue weighted by Gasteiger charge is 2.15. The molecular weight excluding hydrogens is 224 g/mol. The second-order valence-electron chi connectivity index (χ2n) is 4.75. The van der Waals surface area contributed by atoms with E-state index in [0.717, 1.165) is 24.5 Å². The minimum atomic E-state index is 0.510. The average molecular weight is 250 g/mol. The van der Waals surface area contributed by atoms with E-state index in [-0.39, 0.29) is 0 Å². The van der Waals surface area contributed by atoms with Gasteiger partial charge in [-0.2, -0.15) is 4.98 Å². The van der Waals surface area contributed by atoms with Crippen LogP contribution in [0.4, 0.5) is 11.8 Å². The average Bonchev–Trinajstić information content (AvgIpc) is 2.38. The van der Waals surface area contributed by atoms with Gasteiger partial charge in [-0.05, 0) is 26.7 Å². The van der Waals surface area contributed by atoms with Crippen molar-refractivity contribution in [3.8, 4) is 0 Å². The molecule has 1 rings (SSSR count). The maximum atomic E-state index is 4.58. The molecule has 0 aromatic carbocycles. The quantitative estimate of drug-likeness (QED) is 0.806. The molecule has 102 valence electrons. The molecule has 1 atom stereocenters. The maximum absolute atomic E-state index is 4.58. The molecule has 1 N–H and O–H groups in total. The Labute approximate surface area is 111 Å². The number of aryl methyl sites for hydroxylation is 1. The highest BCUT2D eigenvalue weighted by atomic mass is 15.2. The summed E-state index contributed by atoms with van der Waals surface area (Å²) >= 11 is 0. The first-order valence-electron chi connectivity index (χ1n) is 6.92. The predicted octanol–water partition coefficient (Wildman–Crippen LogP) is 3.23. The van der Waals surface area contributed by atoms with Gasteiger partial charge in [-0.1, -0.05) is 20.3 Å². The first-order valence-corrected chi connectivity index (χ1v) is 6.92. The van der Waals surface area contributed by atoms with E-state index in [1.165, 1.54) is 12.8 Å². The van der Waals surface area contributed by atoms with Gasteiger partial charge < -0.3 is 10.2 Å². The summed E-state index contributed by atoms with van der Waals surface area (Å²) < 4.78 is 0. The largest absolute Gasteiger partial charge is 0.357 e. The molecule has 0 saturated heterocycles. The summed E-state index contributed by atoms with van der Waals surface area (Å²) in [7, 11) is 1.86. The Bertz CT molecular complexity index is 365. The number of hydrogen-bond donors (Lipinski definition) is 1. The Hall–Kier alpha value is -1.32. The maximum Gasteiger partial charge on any atom is 0.224 e. The molecule has 0 saturated carbocycles. The number of unbranched alkanes of at least 4 members (excludes halogenated alkanes) is 1. The van der Waals surface area contributed by atoms with Crippen molar-refractivity contribution in [3.63, 3.8) is 0 Å². The second-order valence-corrected chi connectivity index (χ2v) is 4.75. The van der Waals surface area contributed by atoms with Gasteiger partial charge in [-0.25, -0.2) is 4.98 Å². The molecule has 0 radical (unpaired) electrons. The monoisotopic (exact) mass is 250 g/mol. The molecule has 4 nitrogen and oxygen atoms in total. The fourth-order valence-electron chi connectivity index (χ4n) is 1.92. The van der Waals surface area contributed by atoms with Gasteiger partial charge in [0.15, 0.2) is 0 Å². The summed E-state index contributed by atoms with van der Waals surface area (Å²) in [5.74, 6) is 1.74. The van der Waals surface area contributed by atoms with Gasteiger partial charge in [0.25, 0.3) is 0 Å². The molecule has 0 bridgehead atoms. The highest BCUT2D eigenvalue weighted by Crippen LogP contribution is 2.19. The molecule has 0 amide bonds. The van der Waals surface area contributed by atoms with Gasteiger partial charge in [0, 0.05) is 31.4 Å². The third kappa shape index (κ3) is 3.86. The fraction of sp³-hybridized carbons (Fsp3) is 0.714. The van der Waals surface area contributed by atoms with Crippen LogP contribution in [0.25, 0.3) is 0 Å². The molecule has 1 unspecified atom stereocenters. The summed E-state index contributed by atoms with van der Waals surface area (Å²) in [5, 5.41) is 3.03. The van der Waals surface area contributed by atoms with Crippen LogP contribution in [0.15, 0.2) is 6.07 Å². The van der Waals surface area contributed by atoms with Crippen LogP contribution < -0.4 is 10.2 Å². The van der Waals surface area contributed by atoms with Crippen molar-refractivity contribution in [2.24, 2.45) is 0 Å². The minimum absolute atomic E-state index is 0.510. The molecule has 18 heavy (non-hydrogen) atoms. The van der Waals surface area contributed by atoms with Crippen LogP contribution >= 0.6 is 0 Å². The predicted molar refractivity (Wildman–Crippen MR) is 78.3 cm³/mol. The Morgan fingerprint density at radius 3 is 2.61 bits per heavy atom. The summed E-state index contributed by atoms with van der Waals surface area (Å²) in [5.41, 5.74) is 1.01. The number of hydrogen-bond acceptors (Lipinski definition) is 4. The standard InChI is InChI=1S/C14H26N4/c1-6-8-9-18(12(4)7-2)13-10-11(3)16-14(15-5)17-13/h10,12H,6-9H2,1-5H3,(H,15,16,17). The molecule has 0 aliphatic heterocycles. The van der Waals surface area contributed by atoms with Crippen molar-refractivity contribution in [1.82, 2.24) is 9.97 Å². The Morgan fingerprint density at radius 2 is 2.06 bits per heavy atom. The normalized spacial score (nSPS) is 12.3. The third-order valence-electron chi connectivity index (χ3n) is 3.23. The lowest BCUT2D eigenvalue weighted by atomic mass is 10.2. The first kappa shape index (κ1) is 14.7. The van der Waals surface area contributed by atoms with Crippen molar-refractivity contribution in [1.29, 1.82) is 0 Å². The zero-order chi connectivity index (χ0) is 13.5. The minimum Gasteiger partial charge on any atom is -0.357 e. The molecule has 0 fully saturated rings. The first-order chi connectivity index (χ1) is 8.62. The van der Waals surface area contributed by atoms with E-state index in [1.54, 1.807) is 0 Å². The van der Waals surface area contributed by atoms with Crippen LogP contribution in [0.2, 0.25) is 0 Å². The smallest absolute Gasteiger partial charge is 0.224 e. The molecule has 0 aliphatic carbocycles. The number of anilines is 2. The van der Waals surface area contributed by atoms with E-state index in [4.69, 9.17) is 0 Å². The van der Waals surface area contributed by atoms with Gasteiger partial charge >= 0.3 is 0 Å². The molecule has 0 aliphatic rings. The van der Waals surface area contributed by atoms with Crippen LogP contribution in [0.1, 0.15) is 45.7 Å². The lowest BCUT2D eigenvalue weighted by Crippen LogP contribution is -2.34. The summed E-state index contributed by atoms with van der Waals surface area (Å²) in [4.78, 5) is 11.3. The summed E-state index contributed by atoms with van der Waals surface area (Å²) in [6.07, 6.45) is 3.53. The van der Waals surface area contributed by atoms with Crippen LogP contribution in [-0.4, -0.2) is 29.6 Å². The topological polar surface area (TPSA) is 41.1 Å². The number of aromatic nitrogens is 2.